The highest BCUT2D eigenvalue weighted by molar-refractivity contribution is 7.13. The second-order valence-corrected chi connectivity index (χ2v) is 6.49. The second-order valence-electron chi connectivity index (χ2n) is 5.55. The molecular formula is C16H20N4OS. The van der Waals surface area contributed by atoms with Crippen LogP contribution in [0.3, 0.4) is 0 Å². The molecule has 0 amide bonds. The van der Waals surface area contributed by atoms with Gasteiger partial charge in [-0.3, -0.25) is 5.10 Å². The molecule has 6 heteroatoms. The average Bonchev–Trinajstić information content (AvgIpc) is 3.20. The maximum atomic E-state index is 5.21. The minimum Gasteiger partial charge on any atom is -0.361 e. The van der Waals surface area contributed by atoms with E-state index in [1.54, 1.807) is 11.3 Å². The standard InChI is InChI=1S/C16H20N4OS/c1-11-14(12(2)21-19-11)6-7-20(3)10-13-9-15(18-17-13)16-5-4-8-22-16/h4-5,8-9H,6-7,10H2,1-3H3,(H,17,18). The van der Waals surface area contributed by atoms with Crippen LogP contribution in [0.25, 0.3) is 10.6 Å². The van der Waals surface area contributed by atoms with Crippen molar-refractivity contribution in [2.24, 2.45) is 0 Å². The number of thiophene rings is 1. The van der Waals surface area contributed by atoms with Gasteiger partial charge in [0, 0.05) is 24.3 Å². The molecule has 22 heavy (non-hydrogen) atoms. The first kappa shape index (κ1) is 15.0. The molecule has 0 aliphatic heterocycles. The molecular weight excluding hydrogens is 296 g/mol. The van der Waals surface area contributed by atoms with Crippen LogP contribution in [0.5, 0.6) is 0 Å². The summed E-state index contributed by atoms with van der Waals surface area (Å²) in [6.07, 6.45) is 0.948. The lowest BCUT2D eigenvalue weighted by Crippen LogP contribution is -2.21. The second kappa shape index (κ2) is 6.46. The molecule has 3 heterocycles. The molecule has 0 spiro atoms. The van der Waals surface area contributed by atoms with Crippen molar-refractivity contribution in [3.05, 3.63) is 46.3 Å². The van der Waals surface area contributed by atoms with Gasteiger partial charge in [-0.15, -0.1) is 11.3 Å². The van der Waals surface area contributed by atoms with Crippen LogP contribution in [0.1, 0.15) is 22.7 Å². The lowest BCUT2D eigenvalue weighted by atomic mass is 10.1. The molecule has 0 saturated heterocycles. The van der Waals surface area contributed by atoms with Gasteiger partial charge in [0.1, 0.15) is 11.5 Å². The number of rotatable bonds is 6. The Morgan fingerprint density at radius 3 is 2.91 bits per heavy atom. The molecule has 3 aromatic heterocycles. The third kappa shape index (κ3) is 3.28. The van der Waals surface area contributed by atoms with E-state index in [2.05, 4.69) is 44.8 Å². The molecule has 0 bridgehead atoms. The summed E-state index contributed by atoms with van der Waals surface area (Å²) in [6, 6.07) is 6.26. The van der Waals surface area contributed by atoms with Crippen LogP contribution in [0.4, 0.5) is 0 Å². The Bertz CT molecular complexity index is 710. The van der Waals surface area contributed by atoms with Crippen LogP contribution in [0.15, 0.2) is 28.1 Å². The number of nitrogens with zero attached hydrogens (tertiary/aromatic N) is 3. The third-order valence-electron chi connectivity index (χ3n) is 3.77. The Balaban J connectivity index is 1.57. The topological polar surface area (TPSA) is 58.0 Å². The summed E-state index contributed by atoms with van der Waals surface area (Å²) in [6.45, 7) is 5.77. The minimum absolute atomic E-state index is 0.849. The number of likely N-dealkylation sites (N-methyl/N-ethyl adjacent to an activating group) is 1. The number of aromatic nitrogens is 3. The van der Waals surface area contributed by atoms with E-state index < -0.39 is 0 Å². The van der Waals surface area contributed by atoms with Crippen LogP contribution in [-0.2, 0) is 13.0 Å². The highest BCUT2D eigenvalue weighted by Crippen LogP contribution is 2.23. The van der Waals surface area contributed by atoms with Gasteiger partial charge in [-0.05, 0) is 44.8 Å². The highest BCUT2D eigenvalue weighted by Gasteiger charge is 2.11. The lowest BCUT2D eigenvalue weighted by molar-refractivity contribution is 0.325. The summed E-state index contributed by atoms with van der Waals surface area (Å²) < 4.78 is 5.21. The van der Waals surface area contributed by atoms with E-state index in [1.165, 1.54) is 10.4 Å². The summed E-state index contributed by atoms with van der Waals surface area (Å²) in [5.41, 5.74) is 4.36. The first-order valence-electron chi connectivity index (χ1n) is 7.32. The first-order valence-corrected chi connectivity index (χ1v) is 8.20. The Kier molecular flexibility index (Phi) is 4.40. The maximum absolute atomic E-state index is 5.21. The van der Waals surface area contributed by atoms with E-state index in [4.69, 9.17) is 4.52 Å². The number of hydrogen-bond acceptors (Lipinski definition) is 5. The van der Waals surface area contributed by atoms with Crippen molar-refractivity contribution in [1.29, 1.82) is 0 Å². The average molecular weight is 316 g/mol. The summed E-state index contributed by atoms with van der Waals surface area (Å²) >= 11 is 1.71. The van der Waals surface area contributed by atoms with Crippen LogP contribution < -0.4 is 0 Å². The predicted octanol–water partition coefficient (Wildman–Crippen LogP) is 3.42. The molecule has 0 atom stereocenters. The number of aromatic amines is 1. The van der Waals surface area contributed by atoms with Crippen LogP contribution >= 0.6 is 11.3 Å². The molecule has 0 radical (unpaired) electrons. The Labute approximate surface area is 133 Å². The van der Waals surface area contributed by atoms with Crippen molar-refractivity contribution in [3.63, 3.8) is 0 Å². The van der Waals surface area contributed by atoms with Crippen molar-refractivity contribution >= 4 is 11.3 Å². The van der Waals surface area contributed by atoms with E-state index >= 15 is 0 Å². The van der Waals surface area contributed by atoms with Gasteiger partial charge in [0.2, 0.25) is 0 Å². The molecule has 3 aromatic rings. The van der Waals surface area contributed by atoms with Gasteiger partial charge >= 0.3 is 0 Å². The molecule has 1 N–H and O–H groups in total. The molecule has 0 unspecified atom stereocenters. The minimum atomic E-state index is 0.849. The summed E-state index contributed by atoms with van der Waals surface area (Å²) in [7, 11) is 2.11. The fourth-order valence-electron chi connectivity index (χ4n) is 2.52. The van der Waals surface area contributed by atoms with Crippen LogP contribution in [0.2, 0.25) is 0 Å². The predicted molar refractivity (Wildman–Crippen MR) is 87.9 cm³/mol. The van der Waals surface area contributed by atoms with E-state index in [-0.39, 0.29) is 0 Å². The monoisotopic (exact) mass is 316 g/mol. The molecule has 3 rings (SSSR count). The molecule has 116 valence electrons. The van der Waals surface area contributed by atoms with E-state index in [1.807, 2.05) is 19.9 Å². The van der Waals surface area contributed by atoms with E-state index in [0.29, 0.717) is 0 Å². The fourth-order valence-corrected chi connectivity index (χ4v) is 3.21. The van der Waals surface area contributed by atoms with Crippen molar-refractivity contribution in [1.82, 2.24) is 20.3 Å². The summed E-state index contributed by atoms with van der Waals surface area (Å²) in [5.74, 6) is 0.924. The number of H-pyrrole nitrogens is 1. The molecule has 5 nitrogen and oxygen atoms in total. The number of aryl methyl sites for hydroxylation is 2. The van der Waals surface area contributed by atoms with Crippen molar-refractivity contribution in [3.8, 4) is 10.6 Å². The molecule has 0 saturated carbocycles. The zero-order valence-electron chi connectivity index (χ0n) is 13.1. The van der Waals surface area contributed by atoms with Crippen molar-refractivity contribution in [2.45, 2.75) is 26.8 Å². The number of hydrogen-bond donors (Lipinski definition) is 1. The third-order valence-corrected chi connectivity index (χ3v) is 4.66. The zero-order valence-corrected chi connectivity index (χ0v) is 13.9. The first-order chi connectivity index (χ1) is 10.6. The highest BCUT2D eigenvalue weighted by atomic mass is 32.1. The molecule has 0 aliphatic rings. The number of nitrogens with one attached hydrogen (secondary N) is 1. The Morgan fingerprint density at radius 2 is 2.23 bits per heavy atom. The summed E-state index contributed by atoms with van der Waals surface area (Å²) in [4.78, 5) is 3.47. The largest absolute Gasteiger partial charge is 0.361 e. The van der Waals surface area contributed by atoms with Crippen LogP contribution in [0, 0.1) is 13.8 Å². The van der Waals surface area contributed by atoms with E-state index in [9.17, 15) is 0 Å². The van der Waals surface area contributed by atoms with Crippen molar-refractivity contribution < 1.29 is 4.52 Å². The summed E-state index contributed by atoms with van der Waals surface area (Å²) in [5, 5.41) is 13.6. The van der Waals surface area contributed by atoms with Gasteiger partial charge in [0.05, 0.1) is 10.6 Å². The maximum Gasteiger partial charge on any atom is 0.137 e. The molecule has 0 aliphatic carbocycles. The Hall–Kier alpha value is -1.92. The lowest BCUT2D eigenvalue weighted by Gasteiger charge is -2.15. The fraction of sp³-hybridized carbons (Fsp3) is 0.375. The van der Waals surface area contributed by atoms with E-state index in [0.717, 1.165) is 42.4 Å². The SMILES string of the molecule is Cc1noc(C)c1CCN(C)Cc1cc(-c2cccs2)n[nH]1. The van der Waals surface area contributed by atoms with Gasteiger partial charge in [0.25, 0.3) is 0 Å². The van der Waals surface area contributed by atoms with Gasteiger partial charge < -0.3 is 9.42 Å². The van der Waals surface area contributed by atoms with Gasteiger partial charge in [-0.1, -0.05) is 11.2 Å². The van der Waals surface area contributed by atoms with Gasteiger partial charge in [0.15, 0.2) is 0 Å². The van der Waals surface area contributed by atoms with Crippen molar-refractivity contribution in [2.75, 3.05) is 13.6 Å². The quantitative estimate of drug-likeness (QED) is 0.757. The van der Waals surface area contributed by atoms with Gasteiger partial charge in [-0.2, -0.15) is 5.10 Å². The smallest absolute Gasteiger partial charge is 0.137 e. The van der Waals surface area contributed by atoms with Gasteiger partial charge in [-0.25, -0.2) is 0 Å². The van der Waals surface area contributed by atoms with Crippen LogP contribution in [-0.4, -0.2) is 33.8 Å². The molecule has 0 aromatic carbocycles. The molecule has 0 fully saturated rings. The Morgan fingerprint density at radius 1 is 1.36 bits per heavy atom. The normalized spacial score (nSPS) is 11.5. The zero-order chi connectivity index (χ0) is 15.5.